The molecule has 1 saturated heterocycles. The molecule has 1 aliphatic heterocycles. The number of carbonyl (C=O) groups is 1. The zero-order valence-electron chi connectivity index (χ0n) is 8.87. The molecule has 0 radical (unpaired) electrons. The van der Waals surface area contributed by atoms with Gasteiger partial charge in [0.1, 0.15) is 17.2 Å². The molecule has 1 aromatic rings. The van der Waals surface area contributed by atoms with Crippen LogP contribution in [-0.4, -0.2) is 29.8 Å². The fourth-order valence-corrected chi connectivity index (χ4v) is 1.87. The van der Waals surface area contributed by atoms with Crippen LogP contribution in [0.4, 0.5) is 4.39 Å². The number of carboxylic acid groups (broad SMARTS) is 1. The molecule has 6 heteroatoms. The SMILES string of the molecule is O=C(O)CC1(Oc2ccc(F)c(Cl)c2)CNC1. The van der Waals surface area contributed by atoms with Gasteiger partial charge in [0, 0.05) is 19.2 Å². The molecular formula is C11H11ClFNO3. The molecule has 2 rings (SSSR count). The van der Waals surface area contributed by atoms with Crippen molar-refractivity contribution < 1.29 is 19.0 Å². The lowest BCUT2D eigenvalue weighted by atomic mass is 9.92. The third kappa shape index (κ3) is 2.68. The molecule has 1 heterocycles. The van der Waals surface area contributed by atoms with Gasteiger partial charge in [-0.25, -0.2) is 4.39 Å². The summed E-state index contributed by atoms with van der Waals surface area (Å²) in [5.74, 6) is -1.09. The van der Waals surface area contributed by atoms with Gasteiger partial charge in [-0.1, -0.05) is 11.6 Å². The third-order valence-electron chi connectivity index (χ3n) is 2.59. The monoisotopic (exact) mass is 259 g/mol. The highest BCUT2D eigenvalue weighted by atomic mass is 35.5. The van der Waals surface area contributed by atoms with E-state index in [-0.39, 0.29) is 11.4 Å². The van der Waals surface area contributed by atoms with Crippen LogP contribution in [0.5, 0.6) is 5.75 Å². The summed E-state index contributed by atoms with van der Waals surface area (Å²) in [5, 5.41) is 11.7. The number of nitrogens with one attached hydrogen (secondary N) is 1. The summed E-state index contributed by atoms with van der Waals surface area (Å²) >= 11 is 5.62. The van der Waals surface area contributed by atoms with E-state index in [1.54, 1.807) is 0 Å². The lowest BCUT2D eigenvalue weighted by Gasteiger charge is -2.41. The topological polar surface area (TPSA) is 58.6 Å². The highest BCUT2D eigenvalue weighted by Gasteiger charge is 2.41. The number of aliphatic carboxylic acids is 1. The summed E-state index contributed by atoms with van der Waals surface area (Å²) in [4.78, 5) is 10.7. The smallest absolute Gasteiger partial charge is 0.307 e. The predicted molar refractivity (Wildman–Crippen MR) is 59.9 cm³/mol. The number of hydrogen-bond donors (Lipinski definition) is 2. The van der Waals surface area contributed by atoms with Gasteiger partial charge in [0.25, 0.3) is 0 Å². The molecule has 0 unspecified atom stereocenters. The Morgan fingerprint density at radius 2 is 2.29 bits per heavy atom. The molecule has 0 saturated carbocycles. The molecule has 2 N–H and O–H groups in total. The zero-order chi connectivity index (χ0) is 12.5. The second-order valence-corrected chi connectivity index (χ2v) is 4.44. The van der Waals surface area contributed by atoms with Crippen molar-refractivity contribution in [2.75, 3.05) is 13.1 Å². The fourth-order valence-electron chi connectivity index (χ4n) is 1.70. The summed E-state index contributed by atoms with van der Waals surface area (Å²) in [6.45, 7) is 0.905. The second-order valence-electron chi connectivity index (χ2n) is 4.04. The van der Waals surface area contributed by atoms with E-state index >= 15 is 0 Å². The van der Waals surface area contributed by atoms with E-state index in [1.807, 2.05) is 0 Å². The fraction of sp³-hybridized carbons (Fsp3) is 0.364. The van der Waals surface area contributed by atoms with Crippen LogP contribution in [0.2, 0.25) is 5.02 Å². The van der Waals surface area contributed by atoms with Gasteiger partial charge in [-0.05, 0) is 12.1 Å². The Morgan fingerprint density at radius 3 is 2.76 bits per heavy atom. The summed E-state index contributed by atoms with van der Waals surface area (Å²) < 4.78 is 18.5. The first kappa shape index (κ1) is 12.1. The number of benzene rings is 1. The molecule has 0 atom stereocenters. The maximum absolute atomic E-state index is 12.9. The summed E-state index contributed by atoms with van der Waals surface area (Å²) in [6, 6.07) is 3.97. The molecule has 0 aromatic heterocycles. The minimum Gasteiger partial charge on any atom is -0.484 e. The molecule has 1 aromatic carbocycles. The molecule has 4 nitrogen and oxygen atoms in total. The molecule has 1 fully saturated rings. The van der Waals surface area contributed by atoms with E-state index < -0.39 is 17.4 Å². The van der Waals surface area contributed by atoms with Crippen molar-refractivity contribution >= 4 is 17.6 Å². The van der Waals surface area contributed by atoms with Crippen LogP contribution in [0.1, 0.15) is 6.42 Å². The highest BCUT2D eigenvalue weighted by Crippen LogP contribution is 2.28. The first-order valence-electron chi connectivity index (χ1n) is 5.07. The third-order valence-corrected chi connectivity index (χ3v) is 2.88. The van der Waals surface area contributed by atoms with E-state index in [4.69, 9.17) is 21.4 Å². The van der Waals surface area contributed by atoms with Crippen LogP contribution in [0.3, 0.4) is 0 Å². The van der Waals surface area contributed by atoms with Gasteiger partial charge >= 0.3 is 5.97 Å². The Balaban J connectivity index is 2.13. The largest absolute Gasteiger partial charge is 0.484 e. The van der Waals surface area contributed by atoms with Gasteiger partial charge in [-0.2, -0.15) is 0 Å². The summed E-state index contributed by atoms with van der Waals surface area (Å²) in [5.41, 5.74) is -0.757. The Morgan fingerprint density at radius 1 is 1.59 bits per heavy atom. The van der Waals surface area contributed by atoms with Crippen molar-refractivity contribution in [2.45, 2.75) is 12.0 Å². The van der Waals surface area contributed by atoms with Gasteiger partial charge < -0.3 is 15.2 Å². The van der Waals surface area contributed by atoms with E-state index in [0.717, 1.165) is 0 Å². The van der Waals surface area contributed by atoms with Crippen molar-refractivity contribution in [3.8, 4) is 5.75 Å². The van der Waals surface area contributed by atoms with Crippen LogP contribution in [0, 0.1) is 5.82 Å². The zero-order valence-corrected chi connectivity index (χ0v) is 9.63. The van der Waals surface area contributed by atoms with Gasteiger partial charge in [-0.15, -0.1) is 0 Å². The molecule has 17 heavy (non-hydrogen) atoms. The van der Waals surface area contributed by atoms with Crippen molar-refractivity contribution in [1.29, 1.82) is 0 Å². The van der Waals surface area contributed by atoms with Crippen LogP contribution in [0.25, 0.3) is 0 Å². The molecule has 0 spiro atoms. The van der Waals surface area contributed by atoms with E-state index in [1.165, 1.54) is 18.2 Å². The Kier molecular flexibility index (Phi) is 3.22. The maximum atomic E-state index is 12.9. The average Bonchev–Trinajstić information content (AvgIpc) is 2.19. The lowest BCUT2D eigenvalue weighted by molar-refractivity contribution is -0.143. The number of rotatable bonds is 4. The van der Waals surface area contributed by atoms with Gasteiger partial charge in [0.05, 0.1) is 11.4 Å². The van der Waals surface area contributed by atoms with Crippen molar-refractivity contribution in [3.63, 3.8) is 0 Å². The Hall–Kier alpha value is -1.33. The summed E-state index contributed by atoms with van der Waals surface area (Å²) in [6.07, 6.45) is -0.102. The normalized spacial score (nSPS) is 17.3. The molecule has 92 valence electrons. The second kappa shape index (κ2) is 4.50. The van der Waals surface area contributed by atoms with Crippen molar-refractivity contribution in [1.82, 2.24) is 5.32 Å². The first-order valence-corrected chi connectivity index (χ1v) is 5.45. The van der Waals surface area contributed by atoms with Crippen LogP contribution < -0.4 is 10.1 Å². The van der Waals surface area contributed by atoms with Crippen LogP contribution >= 0.6 is 11.6 Å². The Bertz CT molecular complexity index is 448. The van der Waals surface area contributed by atoms with Crippen molar-refractivity contribution in [3.05, 3.63) is 29.0 Å². The number of halogens is 2. The number of carboxylic acids is 1. The molecule has 1 aliphatic rings. The molecule has 0 aliphatic carbocycles. The predicted octanol–water partition coefficient (Wildman–Crippen LogP) is 1.67. The van der Waals surface area contributed by atoms with E-state index in [9.17, 15) is 9.18 Å². The number of ether oxygens (including phenoxy) is 1. The quantitative estimate of drug-likeness (QED) is 0.864. The lowest BCUT2D eigenvalue weighted by Crippen LogP contribution is -2.64. The van der Waals surface area contributed by atoms with E-state index in [0.29, 0.717) is 18.8 Å². The minimum atomic E-state index is -0.931. The summed E-state index contributed by atoms with van der Waals surface area (Å²) in [7, 11) is 0. The first-order chi connectivity index (χ1) is 8.01. The van der Waals surface area contributed by atoms with Gasteiger partial charge in [-0.3, -0.25) is 4.79 Å². The van der Waals surface area contributed by atoms with Gasteiger partial charge in [0.2, 0.25) is 0 Å². The Labute approximate surface area is 102 Å². The molecule has 0 amide bonds. The van der Waals surface area contributed by atoms with E-state index in [2.05, 4.69) is 5.32 Å². The maximum Gasteiger partial charge on any atom is 0.307 e. The molecular weight excluding hydrogens is 249 g/mol. The highest BCUT2D eigenvalue weighted by molar-refractivity contribution is 6.30. The molecule has 0 bridgehead atoms. The number of hydrogen-bond acceptors (Lipinski definition) is 3. The average molecular weight is 260 g/mol. The van der Waals surface area contributed by atoms with Crippen molar-refractivity contribution in [2.24, 2.45) is 0 Å². The minimum absolute atomic E-state index is 0.0414. The standard InChI is InChI=1S/C11H11ClFNO3/c12-8-3-7(1-2-9(8)13)17-11(4-10(15)16)5-14-6-11/h1-3,14H,4-6H2,(H,15,16). The van der Waals surface area contributed by atoms with Crippen LogP contribution in [0.15, 0.2) is 18.2 Å². The van der Waals surface area contributed by atoms with Gasteiger partial charge in [0.15, 0.2) is 0 Å². The van der Waals surface area contributed by atoms with Crippen LogP contribution in [-0.2, 0) is 4.79 Å².